The molecule has 2 N–H and O–H groups in total. The summed E-state index contributed by atoms with van der Waals surface area (Å²) < 4.78 is 62.4. The maximum absolute atomic E-state index is 13.2. The number of furan rings is 1. The van der Waals surface area contributed by atoms with E-state index in [4.69, 9.17) is 4.42 Å². The lowest BCUT2D eigenvalue weighted by molar-refractivity contribution is 0.380. The van der Waals surface area contributed by atoms with Crippen LogP contribution in [0.1, 0.15) is 23.9 Å². The van der Waals surface area contributed by atoms with Crippen LogP contribution in [0.15, 0.2) is 112 Å². The molecule has 34 heavy (non-hydrogen) atoms. The first kappa shape index (κ1) is 23.8. The van der Waals surface area contributed by atoms with Gasteiger partial charge in [-0.05, 0) is 61.0 Å². The molecule has 0 amide bonds. The van der Waals surface area contributed by atoms with Crippen molar-refractivity contribution in [2.75, 3.05) is 0 Å². The number of nitrogens with zero attached hydrogens (tertiary/aromatic N) is 1. The van der Waals surface area contributed by atoms with Gasteiger partial charge in [-0.3, -0.25) is 4.98 Å². The van der Waals surface area contributed by atoms with Gasteiger partial charge in [-0.1, -0.05) is 36.4 Å². The minimum Gasteiger partial charge on any atom is -0.467 e. The topological polar surface area (TPSA) is 118 Å². The monoisotopic (exact) mass is 497 g/mol. The predicted octanol–water partition coefficient (Wildman–Crippen LogP) is 3.40. The zero-order chi connectivity index (χ0) is 24.2. The zero-order valence-corrected chi connectivity index (χ0v) is 19.9. The van der Waals surface area contributed by atoms with Crippen LogP contribution in [0.25, 0.3) is 0 Å². The van der Waals surface area contributed by atoms with Crippen LogP contribution in [0.5, 0.6) is 0 Å². The van der Waals surface area contributed by atoms with E-state index in [0.29, 0.717) is 11.5 Å². The minimum atomic E-state index is -4.07. The average Bonchev–Trinajstić information content (AvgIpc) is 3.40. The summed E-state index contributed by atoms with van der Waals surface area (Å²) in [4.78, 5) is 4.17. The lowest BCUT2D eigenvalue weighted by Gasteiger charge is -2.28. The molecule has 0 spiro atoms. The van der Waals surface area contributed by atoms with Crippen molar-refractivity contribution >= 4 is 20.0 Å². The summed E-state index contributed by atoms with van der Waals surface area (Å²) in [5.74, 6) is 0.360. The van der Waals surface area contributed by atoms with Gasteiger partial charge < -0.3 is 4.42 Å². The second kappa shape index (κ2) is 9.51. The Labute approximate surface area is 198 Å². The molecule has 2 aromatic carbocycles. The number of rotatable bonds is 9. The number of hydrogen-bond acceptors (Lipinski definition) is 6. The molecule has 2 heterocycles. The van der Waals surface area contributed by atoms with Crippen molar-refractivity contribution in [1.82, 2.24) is 14.4 Å². The van der Waals surface area contributed by atoms with Gasteiger partial charge in [0, 0.05) is 12.7 Å². The second-order valence-electron chi connectivity index (χ2n) is 7.70. The molecule has 0 saturated carbocycles. The Kier molecular flexibility index (Phi) is 6.67. The van der Waals surface area contributed by atoms with Crippen molar-refractivity contribution in [3.8, 4) is 0 Å². The fourth-order valence-corrected chi connectivity index (χ4v) is 5.81. The quantitative estimate of drug-likeness (QED) is 0.366. The average molecular weight is 498 g/mol. The first-order valence-corrected chi connectivity index (χ1v) is 13.3. The highest BCUT2D eigenvalue weighted by Crippen LogP contribution is 2.30. The van der Waals surface area contributed by atoms with E-state index in [9.17, 15) is 16.8 Å². The van der Waals surface area contributed by atoms with Gasteiger partial charge >= 0.3 is 0 Å². The maximum Gasteiger partial charge on any atom is 0.241 e. The molecule has 0 aliphatic carbocycles. The molecule has 4 rings (SSSR count). The van der Waals surface area contributed by atoms with Gasteiger partial charge in [0.05, 0.1) is 21.7 Å². The Morgan fingerprint density at radius 3 is 2.03 bits per heavy atom. The van der Waals surface area contributed by atoms with Gasteiger partial charge in [0.25, 0.3) is 0 Å². The van der Waals surface area contributed by atoms with Gasteiger partial charge in [0.1, 0.15) is 11.3 Å². The summed E-state index contributed by atoms with van der Waals surface area (Å²) in [6.45, 7) is 1.77. The third kappa shape index (κ3) is 5.10. The van der Waals surface area contributed by atoms with Gasteiger partial charge in [-0.15, -0.1) is 0 Å². The fourth-order valence-electron chi connectivity index (χ4n) is 3.43. The van der Waals surface area contributed by atoms with E-state index in [1.54, 1.807) is 43.5 Å². The molecule has 1 atom stereocenters. The van der Waals surface area contributed by atoms with Crippen molar-refractivity contribution < 1.29 is 21.3 Å². The molecular weight excluding hydrogens is 474 g/mol. The minimum absolute atomic E-state index is 0.0408. The molecule has 8 nitrogen and oxygen atoms in total. The number of aromatic nitrogens is 1. The third-order valence-electron chi connectivity index (χ3n) is 5.28. The predicted molar refractivity (Wildman–Crippen MR) is 127 cm³/mol. The zero-order valence-electron chi connectivity index (χ0n) is 18.2. The van der Waals surface area contributed by atoms with Gasteiger partial charge in [-0.2, -0.15) is 4.72 Å². The summed E-state index contributed by atoms with van der Waals surface area (Å²) >= 11 is 0. The molecule has 0 saturated heterocycles. The van der Waals surface area contributed by atoms with Crippen LogP contribution in [0.4, 0.5) is 0 Å². The lowest BCUT2D eigenvalue weighted by Crippen LogP contribution is -2.44. The Balaban J connectivity index is 1.58. The number of nitrogens with one attached hydrogen (secondary N) is 2. The fraction of sp³-hybridized carbons (Fsp3) is 0.125. The van der Waals surface area contributed by atoms with Crippen molar-refractivity contribution in [1.29, 1.82) is 0 Å². The van der Waals surface area contributed by atoms with Gasteiger partial charge in [0.2, 0.25) is 20.0 Å². The van der Waals surface area contributed by atoms with E-state index in [2.05, 4.69) is 14.4 Å². The molecule has 1 unspecified atom stereocenters. The molecule has 0 aliphatic heterocycles. The molecule has 176 valence electrons. The van der Waals surface area contributed by atoms with E-state index >= 15 is 0 Å². The summed E-state index contributed by atoms with van der Waals surface area (Å²) in [6.07, 6.45) is 3.01. The highest BCUT2D eigenvalue weighted by molar-refractivity contribution is 7.90. The first-order valence-electron chi connectivity index (χ1n) is 10.3. The Bertz CT molecular complexity index is 1440. The van der Waals surface area contributed by atoms with Crippen LogP contribution in [0.2, 0.25) is 0 Å². The summed E-state index contributed by atoms with van der Waals surface area (Å²) in [5.41, 5.74) is -0.0370. The Morgan fingerprint density at radius 2 is 1.44 bits per heavy atom. The molecule has 2 aromatic heterocycles. The molecule has 0 aliphatic rings. The van der Waals surface area contributed by atoms with Crippen LogP contribution in [-0.2, 0) is 32.1 Å². The molecular formula is C24H23N3O5S2. The largest absolute Gasteiger partial charge is 0.467 e. The lowest BCUT2D eigenvalue weighted by atomic mass is 9.95. The Morgan fingerprint density at radius 1 is 0.794 bits per heavy atom. The highest BCUT2D eigenvalue weighted by Gasteiger charge is 2.38. The summed E-state index contributed by atoms with van der Waals surface area (Å²) in [6, 6.07) is 22.6. The molecule has 0 fully saturated rings. The highest BCUT2D eigenvalue weighted by atomic mass is 32.2. The number of benzene rings is 2. The normalized spacial score (nSPS) is 13.9. The van der Waals surface area contributed by atoms with Crippen molar-refractivity contribution in [2.45, 2.75) is 28.8 Å². The van der Waals surface area contributed by atoms with E-state index in [1.165, 1.54) is 30.5 Å². The van der Waals surface area contributed by atoms with Crippen molar-refractivity contribution in [3.05, 3.63) is 114 Å². The van der Waals surface area contributed by atoms with E-state index < -0.39 is 25.6 Å². The van der Waals surface area contributed by atoms with Gasteiger partial charge in [-0.25, -0.2) is 21.6 Å². The summed E-state index contributed by atoms with van der Waals surface area (Å²) in [5, 5.41) is 0. The second-order valence-corrected chi connectivity index (χ2v) is 11.2. The summed E-state index contributed by atoms with van der Waals surface area (Å²) in [7, 11) is -7.90. The van der Waals surface area contributed by atoms with E-state index in [0.717, 1.165) is 5.56 Å². The smallest absolute Gasteiger partial charge is 0.241 e. The molecule has 10 heteroatoms. The van der Waals surface area contributed by atoms with E-state index in [1.807, 2.05) is 30.3 Å². The SMILES string of the molecule is CC(NS(=O)(=O)c1ccc(S(=O)(=O)NCc2ccccc2)cc1)(c1ccccn1)c1ccco1. The van der Waals surface area contributed by atoms with Crippen LogP contribution in [0.3, 0.4) is 0 Å². The number of hydrogen-bond donors (Lipinski definition) is 2. The molecule has 0 radical (unpaired) electrons. The van der Waals surface area contributed by atoms with Crippen molar-refractivity contribution in [2.24, 2.45) is 0 Å². The molecule has 0 bridgehead atoms. The number of pyridine rings is 1. The van der Waals surface area contributed by atoms with Crippen LogP contribution >= 0.6 is 0 Å². The van der Waals surface area contributed by atoms with Gasteiger partial charge in [0.15, 0.2) is 0 Å². The standard InChI is InChI=1S/C24H23N3O5S2/c1-24(23-11-7-17-32-23,22-10-5-6-16-25-22)27-34(30,31)21-14-12-20(13-15-21)33(28,29)26-18-19-8-3-2-4-9-19/h2-17,26-27H,18H2,1H3. The third-order valence-corrected chi connectivity index (χ3v) is 8.27. The molecule has 4 aromatic rings. The van der Waals surface area contributed by atoms with Crippen molar-refractivity contribution in [3.63, 3.8) is 0 Å². The Hall–Kier alpha value is -3.31. The van der Waals surface area contributed by atoms with E-state index in [-0.39, 0.29) is 16.3 Å². The van der Waals surface area contributed by atoms with Crippen LogP contribution in [0, 0.1) is 0 Å². The maximum atomic E-state index is 13.2. The number of sulfonamides is 2. The first-order chi connectivity index (χ1) is 16.2. The van der Waals surface area contributed by atoms with Crippen LogP contribution < -0.4 is 9.44 Å². The van der Waals surface area contributed by atoms with Crippen LogP contribution in [-0.4, -0.2) is 21.8 Å².